The standard InChI is InChI=1S/C18H39NO4Si2.CH4/c1-8-10-13-24(4,5)23-25(6,7)14-11-12-22-16-17(20)15-19(3)18(21)9-2;/h9,17,20H,2,8,10-16H2,1,3-7H3;1H4. The van der Waals surface area contributed by atoms with Crippen molar-refractivity contribution in [1.82, 2.24) is 4.90 Å². The van der Waals surface area contributed by atoms with Crippen molar-refractivity contribution in [3.8, 4) is 0 Å². The summed E-state index contributed by atoms with van der Waals surface area (Å²) < 4.78 is 12.1. The summed E-state index contributed by atoms with van der Waals surface area (Å²) in [4.78, 5) is 12.8. The maximum atomic E-state index is 11.4. The fourth-order valence-electron chi connectivity index (χ4n) is 2.89. The number of ether oxygens (including phenoxy) is 1. The van der Waals surface area contributed by atoms with Crippen LogP contribution in [-0.4, -0.2) is 65.5 Å². The molecule has 0 heterocycles. The van der Waals surface area contributed by atoms with Crippen molar-refractivity contribution in [2.45, 2.75) is 78.0 Å². The van der Waals surface area contributed by atoms with Crippen molar-refractivity contribution in [2.24, 2.45) is 0 Å². The summed E-state index contributed by atoms with van der Waals surface area (Å²) in [5.41, 5.74) is 0. The van der Waals surface area contributed by atoms with Gasteiger partial charge in [0.05, 0.1) is 12.7 Å². The molecule has 0 aromatic heterocycles. The molecule has 0 spiro atoms. The van der Waals surface area contributed by atoms with Gasteiger partial charge < -0.3 is 18.9 Å². The van der Waals surface area contributed by atoms with Crippen molar-refractivity contribution in [1.29, 1.82) is 0 Å². The lowest BCUT2D eigenvalue weighted by atomic mass is 10.3. The van der Waals surface area contributed by atoms with E-state index in [1.165, 1.54) is 29.9 Å². The van der Waals surface area contributed by atoms with Gasteiger partial charge in [0, 0.05) is 20.2 Å². The van der Waals surface area contributed by atoms with Gasteiger partial charge in [-0.2, -0.15) is 0 Å². The minimum atomic E-state index is -1.66. The fraction of sp³-hybridized carbons (Fsp3) is 0.842. The van der Waals surface area contributed by atoms with E-state index in [0.717, 1.165) is 12.5 Å². The molecule has 156 valence electrons. The number of amides is 1. The first kappa shape index (κ1) is 27.7. The Morgan fingerprint density at radius 2 is 1.73 bits per heavy atom. The van der Waals surface area contributed by atoms with Crippen LogP contribution in [0.2, 0.25) is 38.3 Å². The van der Waals surface area contributed by atoms with E-state index in [9.17, 15) is 9.90 Å². The lowest BCUT2D eigenvalue weighted by Crippen LogP contribution is -2.44. The molecular formula is C19H43NO4Si2. The molecule has 1 amide bonds. The molecule has 1 N–H and O–H groups in total. The van der Waals surface area contributed by atoms with Crippen LogP contribution >= 0.6 is 0 Å². The highest BCUT2D eigenvalue weighted by Gasteiger charge is 2.32. The Hall–Kier alpha value is -0.476. The molecule has 7 heteroatoms. The van der Waals surface area contributed by atoms with Crippen LogP contribution in [0.1, 0.15) is 33.6 Å². The predicted molar refractivity (Wildman–Crippen MR) is 117 cm³/mol. The van der Waals surface area contributed by atoms with Crippen molar-refractivity contribution < 1.29 is 18.8 Å². The average molecular weight is 406 g/mol. The molecule has 0 bridgehead atoms. The molecule has 1 atom stereocenters. The van der Waals surface area contributed by atoms with Crippen molar-refractivity contribution in [3.63, 3.8) is 0 Å². The zero-order valence-electron chi connectivity index (χ0n) is 17.1. The zero-order valence-corrected chi connectivity index (χ0v) is 19.1. The molecule has 0 radical (unpaired) electrons. The van der Waals surface area contributed by atoms with Gasteiger partial charge in [0.25, 0.3) is 0 Å². The monoisotopic (exact) mass is 405 g/mol. The van der Waals surface area contributed by atoms with Gasteiger partial charge in [0.2, 0.25) is 5.91 Å². The highest BCUT2D eigenvalue weighted by Crippen LogP contribution is 2.24. The van der Waals surface area contributed by atoms with Gasteiger partial charge in [-0.3, -0.25) is 4.79 Å². The SMILES string of the molecule is C.C=CC(=O)N(C)CC(O)COCCC[Si](C)(C)O[Si](C)(C)CCCC. The van der Waals surface area contributed by atoms with Crippen LogP contribution in [0.4, 0.5) is 0 Å². The van der Waals surface area contributed by atoms with E-state index in [-0.39, 0.29) is 26.5 Å². The maximum absolute atomic E-state index is 11.4. The molecule has 1 unspecified atom stereocenters. The van der Waals surface area contributed by atoms with Gasteiger partial charge in [-0.05, 0) is 50.8 Å². The second-order valence-electron chi connectivity index (χ2n) is 7.98. The zero-order chi connectivity index (χ0) is 19.5. The molecule has 0 saturated heterocycles. The lowest BCUT2D eigenvalue weighted by molar-refractivity contribution is -0.126. The molecule has 26 heavy (non-hydrogen) atoms. The molecular weight excluding hydrogens is 362 g/mol. The third-order valence-corrected chi connectivity index (χ3v) is 11.6. The number of hydrogen-bond donors (Lipinski definition) is 1. The summed E-state index contributed by atoms with van der Waals surface area (Å²) in [5, 5.41) is 9.89. The smallest absolute Gasteiger partial charge is 0.245 e. The van der Waals surface area contributed by atoms with E-state index >= 15 is 0 Å². The number of aliphatic hydroxyl groups is 1. The molecule has 0 aliphatic heterocycles. The number of aliphatic hydroxyl groups excluding tert-OH is 1. The van der Waals surface area contributed by atoms with Gasteiger partial charge >= 0.3 is 0 Å². The molecule has 5 nitrogen and oxygen atoms in total. The molecule has 0 aromatic carbocycles. The number of likely N-dealkylation sites (N-methyl/N-ethyl adjacent to an activating group) is 1. The summed E-state index contributed by atoms with van der Waals surface area (Å²) >= 11 is 0. The van der Waals surface area contributed by atoms with E-state index in [1.807, 2.05) is 0 Å². The quantitative estimate of drug-likeness (QED) is 0.266. The number of hydrogen-bond acceptors (Lipinski definition) is 4. The van der Waals surface area contributed by atoms with Crippen molar-refractivity contribution in [3.05, 3.63) is 12.7 Å². The highest BCUT2D eigenvalue weighted by molar-refractivity contribution is 6.84. The van der Waals surface area contributed by atoms with Gasteiger partial charge in [0.1, 0.15) is 0 Å². The van der Waals surface area contributed by atoms with Crippen molar-refractivity contribution in [2.75, 3.05) is 26.8 Å². The Labute approximate surface area is 164 Å². The Morgan fingerprint density at radius 3 is 2.23 bits per heavy atom. The maximum Gasteiger partial charge on any atom is 0.245 e. The van der Waals surface area contributed by atoms with E-state index in [0.29, 0.717) is 6.61 Å². The first-order valence-electron chi connectivity index (χ1n) is 9.36. The summed E-state index contributed by atoms with van der Waals surface area (Å²) in [7, 11) is -1.56. The molecule has 0 aromatic rings. The number of rotatable bonds is 14. The molecule has 0 saturated carbocycles. The molecule has 0 fully saturated rings. The summed E-state index contributed by atoms with van der Waals surface area (Å²) in [5.74, 6) is -0.196. The van der Waals surface area contributed by atoms with Gasteiger partial charge in [-0.15, -0.1) is 0 Å². The van der Waals surface area contributed by atoms with Gasteiger partial charge in [-0.1, -0.05) is 33.8 Å². The van der Waals surface area contributed by atoms with Gasteiger partial charge in [-0.25, -0.2) is 0 Å². The van der Waals surface area contributed by atoms with E-state index in [2.05, 4.69) is 39.7 Å². The normalized spacial score (nSPS) is 13.0. The first-order valence-corrected chi connectivity index (χ1v) is 15.6. The molecule has 0 rings (SSSR count). The van der Waals surface area contributed by atoms with E-state index in [1.54, 1.807) is 7.05 Å². The van der Waals surface area contributed by atoms with Gasteiger partial charge in [0.15, 0.2) is 16.6 Å². The second kappa shape index (κ2) is 13.7. The Balaban J connectivity index is 0. The van der Waals surface area contributed by atoms with Crippen LogP contribution < -0.4 is 0 Å². The molecule has 0 aliphatic rings. The van der Waals surface area contributed by atoms with Crippen molar-refractivity contribution >= 4 is 22.5 Å². The Morgan fingerprint density at radius 1 is 1.19 bits per heavy atom. The topological polar surface area (TPSA) is 59.0 Å². The van der Waals surface area contributed by atoms with E-state index < -0.39 is 22.7 Å². The minimum absolute atomic E-state index is 0. The second-order valence-corrected chi connectivity index (χ2v) is 16.8. The highest BCUT2D eigenvalue weighted by atomic mass is 28.4. The number of unbranched alkanes of at least 4 members (excludes halogenated alkanes) is 1. The summed E-state index contributed by atoms with van der Waals surface area (Å²) in [6.07, 6.45) is 4.01. The number of carbonyl (C=O) groups is 1. The Bertz CT molecular complexity index is 403. The minimum Gasteiger partial charge on any atom is -0.455 e. The van der Waals surface area contributed by atoms with Crippen LogP contribution in [0.25, 0.3) is 0 Å². The largest absolute Gasteiger partial charge is 0.455 e. The first-order chi connectivity index (χ1) is 11.5. The number of nitrogens with zero attached hydrogens (tertiary/aromatic N) is 1. The van der Waals surface area contributed by atoms with E-state index in [4.69, 9.17) is 8.85 Å². The Kier molecular flexibility index (Phi) is 14.6. The van der Waals surface area contributed by atoms with Crippen LogP contribution in [0.15, 0.2) is 12.7 Å². The fourth-order valence-corrected chi connectivity index (χ4v) is 11.9. The number of carbonyl (C=O) groups excluding carboxylic acids is 1. The van der Waals surface area contributed by atoms with Crippen LogP contribution in [0.3, 0.4) is 0 Å². The summed E-state index contributed by atoms with van der Waals surface area (Å²) in [6.45, 7) is 16.0. The molecule has 0 aliphatic carbocycles. The predicted octanol–water partition coefficient (Wildman–Crippen LogP) is 4.26. The lowest BCUT2D eigenvalue weighted by Gasteiger charge is -2.34. The third-order valence-electron chi connectivity index (χ3n) is 4.10. The van der Waals surface area contributed by atoms with Crippen LogP contribution in [-0.2, 0) is 13.6 Å². The van der Waals surface area contributed by atoms with Crippen LogP contribution in [0, 0.1) is 0 Å². The van der Waals surface area contributed by atoms with Crippen LogP contribution in [0.5, 0.6) is 0 Å². The summed E-state index contributed by atoms with van der Waals surface area (Å²) in [6, 6.07) is 2.31. The average Bonchev–Trinajstić information content (AvgIpc) is 2.50. The third kappa shape index (κ3) is 13.7.